The van der Waals surface area contributed by atoms with Gasteiger partial charge in [0.15, 0.2) is 0 Å². The minimum atomic E-state index is -0.424. The van der Waals surface area contributed by atoms with Gasteiger partial charge in [-0.05, 0) is 29.8 Å². The Hall–Kier alpha value is -2.02. The van der Waals surface area contributed by atoms with E-state index in [1.165, 1.54) is 6.07 Å². The summed E-state index contributed by atoms with van der Waals surface area (Å²) in [5.41, 5.74) is 1.01. The third kappa shape index (κ3) is 3.74. The molecule has 0 aliphatic rings. The Balaban J connectivity index is 2.12. The number of halogens is 2. The van der Waals surface area contributed by atoms with Crippen molar-refractivity contribution in [1.82, 2.24) is 0 Å². The Bertz CT molecular complexity index is 659. The molecule has 0 unspecified atom stereocenters. The van der Waals surface area contributed by atoms with Crippen molar-refractivity contribution in [3.8, 4) is 17.6 Å². The van der Waals surface area contributed by atoms with Gasteiger partial charge in [-0.25, -0.2) is 4.39 Å². The number of benzene rings is 2. The summed E-state index contributed by atoms with van der Waals surface area (Å²) in [5.74, 6) is 5.12. The predicted octanol–water partition coefficient (Wildman–Crippen LogP) is 3.40. The molecule has 0 aliphatic heterocycles. The van der Waals surface area contributed by atoms with Crippen LogP contribution in [0.3, 0.4) is 0 Å². The molecule has 0 aliphatic carbocycles. The Morgan fingerprint density at radius 1 is 1.20 bits per heavy atom. The van der Waals surface area contributed by atoms with Crippen LogP contribution in [0.25, 0.3) is 0 Å². The van der Waals surface area contributed by atoms with Gasteiger partial charge in [-0.3, -0.25) is 0 Å². The van der Waals surface area contributed by atoms with E-state index in [2.05, 4.69) is 11.8 Å². The Kier molecular flexibility index (Phi) is 5.00. The molecule has 4 heteroatoms. The molecule has 0 aromatic heterocycles. The van der Waals surface area contributed by atoms with Crippen LogP contribution >= 0.6 is 11.6 Å². The van der Waals surface area contributed by atoms with Crippen molar-refractivity contribution < 1.29 is 14.2 Å². The van der Waals surface area contributed by atoms with Gasteiger partial charge in [0.05, 0.1) is 10.6 Å². The molecule has 0 fully saturated rings. The first-order valence-electron chi connectivity index (χ1n) is 5.96. The van der Waals surface area contributed by atoms with E-state index in [1.807, 2.05) is 12.1 Å². The Labute approximate surface area is 121 Å². The molecule has 2 rings (SSSR count). The zero-order chi connectivity index (χ0) is 14.4. The largest absolute Gasteiger partial charge is 0.487 e. The molecule has 0 saturated heterocycles. The quantitative estimate of drug-likeness (QED) is 0.878. The highest BCUT2D eigenvalue weighted by Crippen LogP contribution is 2.24. The van der Waals surface area contributed by atoms with Crippen LogP contribution in [0.2, 0.25) is 5.02 Å². The number of hydrogen-bond donors (Lipinski definition) is 1. The number of rotatable bonds is 3. The lowest BCUT2D eigenvalue weighted by molar-refractivity contribution is 0.306. The standard InChI is InChI=1S/C16H12ClFO2/c17-14-5-1-2-6-16(14)20-11-12-7-8-15(18)13(10-12)4-3-9-19/h1-2,5-8,10,19H,9,11H2. The predicted molar refractivity (Wildman–Crippen MR) is 76.1 cm³/mol. The number of aliphatic hydroxyl groups is 1. The molecule has 102 valence electrons. The van der Waals surface area contributed by atoms with Crippen LogP contribution in [0.1, 0.15) is 11.1 Å². The summed E-state index contributed by atoms with van der Waals surface area (Å²) in [7, 11) is 0. The summed E-state index contributed by atoms with van der Waals surface area (Å²) >= 11 is 5.98. The van der Waals surface area contributed by atoms with E-state index in [0.29, 0.717) is 10.8 Å². The van der Waals surface area contributed by atoms with Crippen LogP contribution in [0.15, 0.2) is 42.5 Å². The molecule has 2 aromatic rings. The fourth-order valence-electron chi connectivity index (χ4n) is 1.62. The molecule has 2 aromatic carbocycles. The first-order chi connectivity index (χ1) is 9.70. The van der Waals surface area contributed by atoms with Crippen LogP contribution in [0.5, 0.6) is 5.75 Å². The fraction of sp³-hybridized carbons (Fsp3) is 0.125. The molecule has 20 heavy (non-hydrogen) atoms. The minimum absolute atomic E-state index is 0.235. The van der Waals surface area contributed by atoms with Crippen LogP contribution in [-0.4, -0.2) is 11.7 Å². The van der Waals surface area contributed by atoms with Crippen molar-refractivity contribution in [1.29, 1.82) is 0 Å². The number of aliphatic hydroxyl groups excluding tert-OH is 1. The molecule has 1 N–H and O–H groups in total. The van der Waals surface area contributed by atoms with Gasteiger partial charge in [-0.2, -0.15) is 0 Å². The van der Waals surface area contributed by atoms with Crippen molar-refractivity contribution in [3.63, 3.8) is 0 Å². The van der Waals surface area contributed by atoms with Crippen LogP contribution in [-0.2, 0) is 6.61 Å². The van der Waals surface area contributed by atoms with Gasteiger partial charge in [0, 0.05) is 0 Å². The fourth-order valence-corrected chi connectivity index (χ4v) is 1.81. The third-order valence-electron chi connectivity index (χ3n) is 2.56. The van der Waals surface area contributed by atoms with E-state index in [4.69, 9.17) is 21.4 Å². The zero-order valence-corrected chi connectivity index (χ0v) is 11.3. The highest BCUT2D eigenvalue weighted by Gasteiger charge is 2.04. The van der Waals surface area contributed by atoms with Crippen molar-refractivity contribution in [3.05, 3.63) is 64.4 Å². The van der Waals surface area contributed by atoms with E-state index in [9.17, 15) is 4.39 Å². The van der Waals surface area contributed by atoms with Gasteiger partial charge in [0.2, 0.25) is 0 Å². The highest BCUT2D eigenvalue weighted by molar-refractivity contribution is 6.32. The smallest absolute Gasteiger partial charge is 0.138 e. The SMILES string of the molecule is OCC#Cc1cc(COc2ccccc2Cl)ccc1F. The minimum Gasteiger partial charge on any atom is -0.487 e. The monoisotopic (exact) mass is 290 g/mol. The maximum atomic E-state index is 13.5. The summed E-state index contributed by atoms with van der Waals surface area (Å²) in [6.07, 6.45) is 0. The maximum absolute atomic E-state index is 13.5. The van der Waals surface area contributed by atoms with Crippen molar-refractivity contribution >= 4 is 11.6 Å². The molecule has 0 atom stereocenters. The molecule has 0 bridgehead atoms. The average molecular weight is 291 g/mol. The summed E-state index contributed by atoms with van der Waals surface area (Å²) in [4.78, 5) is 0. The van der Waals surface area contributed by atoms with Crippen LogP contribution in [0, 0.1) is 17.7 Å². The van der Waals surface area contributed by atoms with Crippen molar-refractivity contribution in [2.45, 2.75) is 6.61 Å². The van der Waals surface area contributed by atoms with Gasteiger partial charge in [-0.15, -0.1) is 0 Å². The van der Waals surface area contributed by atoms with Gasteiger partial charge in [0.1, 0.15) is 24.8 Å². The molecular weight excluding hydrogens is 279 g/mol. The summed E-state index contributed by atoms with van der Waals surface area (Å²) < 4.78 is 19.0. The van der Waals surface area contributed by atoms with Crippen molar-refractivity contribution in [2.24, 2.45) is 0 Å². The van der Waals surface area contributed by atoms with E-state index >= 15 is 0 Å². The van der Waals surface area contributed by atoms with E-state index in [0.717, 1.165) is 5.56 Å². The molecule has 2 nitrogen and oxygen atoms in total. The lowest BCUT2D eigenvalue weighted by atomic mass is 10.1. The summed E-state index contributed by atoms with van der Waals surface area (Å²) in [5, 5.41) is 9.16. The topological polar surface area (TPSA) is 29.5 Å². The number of para-hydroxylation sites is 1. The van der Waals surface area contributed by atoms with Gasteiger partial charge >= 0.3 is 0 Å². The number of hydrogen-bond acceptors (Lipinski definition) is 2. The molecule has 0 saturated carbocycles. The zero-order valence-electron chi connectivity index (χ0n) is 10.6. The van der Waals surface area contributed by atoms with Gasteiger partial charge in [-0.1, -0.05) is 41.6 Å². The lowest BCUT2D eigenvalue weighted by Gasteiger charge is -2.08. The van der Waals surface area contributed by atoms with Crippen LogP contribution < -0.4 is 4.74 Å². The lowest BCUT2D eigenvalue weighted by Crippen LogP contribution is -1.97. The normalized spacial score (nSPS) is 9.75. The highest BCUT2D eigenvalue weighted by atomic mass is 35.5. The van der Waals surface area contributed by atoms with E-state index in [-0.39, 0.29) is 18.8 Å². The second-order valence-electron chi connectivity index (χ2n) is 3.99. The molecule has 0 radical (unpaired) electrons. The molecule has 0 heterocycles. The van der Waals surface area contributed by atoms with E-state index in [1.54, 1.807) is 24.3 Å². The second kappa shape index (κ2) is 6.95. The second-order valence-corrected chi connectivity index (χ2v) is 4.40. The Morgan fingerprint density at radius 2 is 2.00 bits per heavy atom. The Morgan fingerprint density at radius 3 is 2.75 bits per heavy atom. The maximum Gasteiger partial charge on any atom is 0.138 e. The van der Waals surface area contributed by atoms with Gasteiger partial charge < -0.3 is 9.84 Å². The van der Waals surface area contributed by atoms with Gasteiger partial charge in [0.25, 0.3) is 0 Å². The first kappa shape index (κ1) is 14.4. The van der Waals surface area contributed by atoms with Crippen LogP contribution in [0.4, 0.5) is 4.39 Å². The molecular formula is C16H12ClFO2. The first-order valence-corrected chi connectivity index (χ1v) is 6.34. The molecule has 0 amide bonds. The molecule has 0 spiro atoms. The number of ether oxygens (including phenoxy) is 1. The summed E-state index contributed by atoms with van der Waals surface area (Å²) in [6.45, 7) is -0.0440. The third-order valence-corrected chi connectivity index (χ3v) is 2.88. The average Bonchev–Trinajstić information content (AvgIpc) is 2.46. The summed E-state index contributed by atoms with van der Waals surface area (Å²) in [6, 6.07) is 11.7. The van der Waals surface area contributed by atoms with E-state index < -0.39 is 5.82 Å². The van der Waals surface area contributed by atoms with Crippen molar-refractivity contribution in [2.75, 3.05) is 6.61 Å².